The number of carbonyl (C=O) groups is 3. The third-order valence-corrected chi connectivity index (χ3v) is 8.48. The summed E-state index contributed by atoms with van der Waals surface area (Å²) in [5.74, 6) is -2.48. The van der Waals surface area contributed by atoms with E-state index in [9.17, 15) is 19.5 Å². The summed E-state index contributed by atoms with van der Waals surface area (Å²) in [6.07, 6.45) is 7.44. The molecule has 0 aromatic heterocycles. The van der Waals surface area contributed by atoms with Crippen LogP contribution in [0, 0.1) is 11.8 Å². The summed E-state index contributed by atoms with van der Waals surface area (Å²) in [5, 5.41) is 12.1. The van der Waals surface area contributed by atoms with Crippen LogP contribution in [0.2, 0.25) is 0 Å². The number of rotatable bonds is 3. The van der Waals surface area contributed by atoms with Crippen LogP contribution in [0.3, 0.4) is 0 Å². The zero-order valence-electron chi connectivity index (χ0n) is 21.2. The van der Waals surface area contributed by atoms with Gasteiger partial charge in [0.1, 0.15) is 11.6 Å². The van der Waals surface area contributed by atoms with Crippen molar-refractivity contribution in [3.8, 4) is 0 Å². The third kappa shape index (κ3) is 3.25. The van der Waals surface area contributed by atoms with Crippen LogP contribution in [0.25, 0.3) is 10.8 Å². The Labute approximate surface area is 215 Å². The Morgan fingerprint density at radius 3 is 2.46 bits per heavy atom. The zero-order valence-corrected chi connectivity index (χ0v) is 21.2. The van der Waals surface area contributed by atoms with Gasteiger partial charge in [-0.3, -0.25) is 14.4 Å². The predicted octanol–water partition coefficient (Wildman–Crippen LogP) is 2.12. The maximum absolute atomic E-state index is 14.4. The van der Waals surface area contributed by atoms with Gasteiger partial charge >= 0.3 is 0 Å². The molecule has 0 saturated carbocycles. The second-order valence-corrected chi connectivity index (χ2v) is 10.8. The molecule has 0 bridgehead atoms. The van der Waals surface area contributed by atoms with Crippen LogP contribution in [0.4, 0.5) is 5.69 Å². The summed E-state index contributed by atoms with van der Waals surface area (Å²) in [6.45, 7) is 3.95. The van der Waals surface area contributed by atoms with Crippen molar-refractivity contribution in [2.75, 3.05) is 31.6 Å². The molecule has 2 fully saturated rings. The Morgan fingerprint density at radius 2 is 1.70 bits per heavy atom. The largest absolute Gasteiger partial charge is 0.394 e. The molecule has 37 heavy (non-hydrogen) atoms. The number of hydrogen-bond acceptors (Lipinski definition) is 5. The molecule has 4 aliphatic rings. The molecule has 3 amide bonds. The molecular weight excluding hydrogens is 470 g/mol. The van der Waals surface area contributed by atoms with Crippen molar-refractivity contribution in [1.82, 2.24) is 9.80 Å². The van der Waals surface area contributed by atoms with Crippen LogP contribution in [0.15, 0.2) is 66.8 Å². The van der Waals surface area contributed by atoms with E-state index in [4.69, 9.17) is 4.74 Å². The number of fused-ring (bicyclic) bond motifs is 3. The minimum absolute atomic E-state index is 0.184. The number of amides is 3. The van der Waals surface area contributed by atoms with Crippen molar-refractivity contribution in [3.63, 3.8) is 0 Å². The van der Waals surface area contributed by atoms with Gasteiger partial charge in [-0.1, -0.05) is 54.6 Å². The van der Waals surface area contributed by atoms with E-state index in [1.807, 2.05) is 73.7 Å². The van der Waals surface area contributed by atoms with Crippen LogP contribution in [0.1, 0.15) is 13.8 Å². The molecule has 2 saturated heterocycles. The van der Waals surface area contributed by atoms with Crippen LogP contribution in [-0.2, 0) is 19.1 Å². The zero-order chi connectivity index (χ0) is 26.1. The van der Waals surface area contributed by atoms with E-state index in [1.54, 1.807) is 23.8 Å². The van der Waals surface area contributed by atoms with E-state index in [-0.39, 0.29) is 24.3 Å². The standard InChI is InChI=1S/C29H31N3O5/c1-18(17-33)32-24-27(36)31(21-11-10-19-8-4-5-9-20(19)16-21)15-7-13-29(24)23(26(32)35)22-25(34)30(3)14-6-12-28(22,2)37-29/h4-13,16,18,22-24,33H,14-15,17H2,1-3H3/t18-,22+,23+,24?,28-,29+/m1/s1. The molecule has 2 aromatic carbocycles. The van der Waals surface area contributed by atoms with E-state index in [2.05, 4.69) is 0 Å². The minimum Gasteiger partial charge on any atom is -0.394 e. The first-order valence-electron chi connectivity index (χ1n) is 12.8. The number of likely N-dealkylation sites (tertiary alicyclic amines) is 1. The molecule has 8 heteroatoms. The SMILES string of the molecule is C[C@H](CO)N1C(=O)[C@@H]2[C@H]3C(=O)N(C)CC=C[C@@]3(C)O[C@@]23C=CCN(c2ccc4ccccc4c2)C(=O)C13. The molecule has 6 atom stereocenters. The number of likely N-dealkylation sites (N-methyl/N-ethyl adjacent to an activating group) is 1. The third-order valence-electron chi connectivity index (χ3n) is 8.48. The van der Waals surface area contributed by atoms with Crippen LogP contribution in [-0.4, -0.2) is 82.7 Å². The van der Waals surface area contributed by atoms with Gasteiger partial charge < -0.3 is 24.5 Å². The Morgan fingerprint density at radius 1 is 0.973 bits per heavy atom. The van der Waals surface area contributed by atoms with Crippen molar-refractivity contribution in [2.45, 2.75) is 37.1 Å². The van der Waals surface area contributed by atoms with Crippen molar-refractivity contribution in [2.24, 2.45) is 11.8 Å². The van der Waals surface area contributed by atoms with Gasteiger partial charge in [-0.05, 0) is 36.8 Å². The van der Waals surface area contributed by atoms with Crippen LogP contribution in [0.5, 0.6) is 0 Å². The number of ether oxygens (including phenoxy) is 1. The molecular formula is C29H31N3O5. The number of carbonyl (C=O) groups excluding carboxylic acids is 3. The van der Waals surface area contributed by atoms with Crippen molar-refractivity contribution in [1.29, 1.82) is 0 Å². The first-order chi connectivity index (χ1) is 17.7. The van der Waals surface area contributed by atoms with Gasteiger partial charge in [-0.15, -0.1) is 0 Å². The second kappa shape index (κ2) is 8.26. The monoisotopic (exact) mass is 501 g/mol. The van der Waals surface area contributed by atoms with Gasteiger partial charge in [0.15, 0.2) is 0 Å². The van der Waals surface area contributed by atoms with E-state index < -0.39 is 35.1 Å². The highest BCUT2D eigenvalue weighted by atomic mass is 16.5. The second-order valence-electron chi connectivity index (χ2n) is 10.8. The average molecular weight is 502 g/mol. The minimum atomic E-state index is -1.33. The Balaban J connectivity index is 1.50. The number of aliphatic hydroxyl groups is 1. The van der Waals surface area contributed by atoms with E-state index in [0.29, 0.717) is 18.8 Å². The van der Waals surface area contributed by atoms with Crippen LogP contribution < -0.4 is 4.90 Å². The summed E-state index contributed by atoms with van der Waals surface area (Å²) >= 11 is 0. The van der Waals surface area contributed by atoms with E-state index >= 15 is 0 Å². The Kier molecular flexibility index (Phi) is 5.33. The first-order valence-corrected chi connectivity index (χ1v) is 12.8. The maximum atomic E-state index is 14.4. The molecule has 0 radical (unpaired) electrons. The normalized spacial score (nSPS) is 33.9. The molecule has 192 valence electrons. The lowest BCUT2D eigenvalue weighted by Crippen LogP contribution is -2.58. The molecule has 6 rings (SSSR count). The lowest BCUT2D eigenvalue weighted by molar-refractivity contribution is -0.150. The average Bonchev–Trinajstić information content (AvgIpc) is 3.18. The van der Waals surface area contributed by atoms with Gasteiger partial charge in [0.2, 0.25) is 11.8 Å². The lowest BCUT2D eigenvalue weighted by Gasteiger charge is -2.39. The fraction of sp³-hybridized carbons (Fsp3) is 0.414. The summed E-state index contributed by atoms with van der Waals surface area (Å²) < 4.78 is 6.75. The summed E-state index contributed by atoms with van der Waals surface area (Å²) in [5.41, 5.74) is -1.66. The fourth-order valence-corrected chi connectivity index (χ4v) is 6.72. The lowest BCUT2D eigenvalue weighted by atomic mass is 9.74. The fourth-order valence-electron chi connectivity index (χ4n) is 6.72. The topological polar surface area (TPSA) is 90.4 Å². The molecule has 4 aliphatic heterocycles. The van der Waals surface area contributed by atoms with Gasteiger partial charge in [0.25, 0.3) is 5.91 Å². The molecule has 1 N–H and O–H groups in total. The number of anilines is 1. The summed E-state index contributed by atoms with van der Waals surface area (Å²) in [4.78, 5) is 46.8. The van der Waals surface area contributed by atoms with Crippen molar-refractivity contribution < 1.29 is 24.2 Å². The Hall–Kier alpha value is -3.49. The first kappa shape index (κ1) is 23.9. The molecule has 0 aliphatic carbocycles. The molecule has 1 spiro atoms. The Bertz CT molecular complexity index is 1370. The van der Waals surface area contributed by atoms with Crippen LogP contribution >= 0.6 is 0 Å². The highest BCUT2D eigenvalue weighted by Gasteiger charge is 2.75. The summed E-state index contributed by atoms with van der Waals surface area (Å²) in [6, 6.07) is 12.1. The van der Waals surface area contributed by atoms with Gasteiger partial charge in [0.05, 0.1) is 30.1 Å². The smallest absolute Gasteiger partial charge is 0.253 e. The molecule has 1 unspecified atom stereocenters. The number of nitrogens with zero attached hydrogens (tertiary/aromatic N) is 3. The predicted molar refractivity (Wildman–Crippen MR) is 139 cm³/mol. The maximum Gasteiger partial charge on any atom is 0.253 e. The van der Waals surface area contributed by atoms with Crippen molar-refractivity contribution >= 4 is 34.2 Å². The number of aliphatic hydroxyl groups excluding tert-OH is 1. The van der Waals surface area contributed by atoms with Gasteiger partial charge in [0, 0.05) is 25.8 Å². The highest BCUT2D eigenvalue weighted by molar-refractivity contribution is 6.06. The van der Waals surface area contributed by atoms with Gasteiger partial charge in [-0.2, -0.15) is 0 Å². The highest BCUT2D eigenvalue weighted by Crippen LogP contribution is 2.57. The van der Waals surface area contributed by atoms with Gasteiger partial charge in [-0.25, -0.2) is 0 Å². The van der Waals surface area contributed by atoms with E-state index in [1.165, 1.54) is 4.90 Å². The molecule has 2 aromatic rings. The molecule has 8 nitrogen and oxygen atoms in total. The van der Waals surface area contributed by atoms with Crippen molar-refractivity contribution in [3.05, 3.63) is 66.8 Å². The number of benzene rings is 2. The molecule has 4 heterocycles. The summed E-state index contributed by atoms with van der Waals surface area (Å²) in [7, 11) is 1.71. The quantitative estimate of drug-likeness (QED) is 0.651. The van der Waals surface area contributed by atoms with E-state index in [0.717, 1.165) is 10.8 Å². The number of hydrogen-bond donors (Lipinski definition) is 1.